The molecule has 1 heterocycles. The predicted molar refractivity (Wildman–Crippen MR) is 150 cm³/mol. The molecule has 2 bridgehead atoms. The highest BCUT2D eigenvalue weighted by atomic mass is 35.5. The van der Waals surface area contributed by atoms with Gasteiger partial charge in [0.05, 0.1) is 33.5 Å². The number of rotatable bonds is 4. The van der Waals surface area contributed by atoms with E-state index in [-0.39, 0.29) is 29.0 Å². The summed E-state index contributed by atoms with van der Waals surface area (Å²) in [6.07, 6.45) is 1.58. The number of phenolic OH excluding ortho intramolecular Hbond substituents is 1. The van der Waals surface area contributed by atoms with Crippen LogP contribution in [0, 0.1) is 11.8 Å². The Labute approximate surface area is 234 Å². The van der Waals surface area contributed by atoms with Crippen LogP contribution < -0.4 is 10.3 Å². The smallest absolute Gasteiger partial charge is 0.275 e. The number of hydrogen-bond donors (Lipinski definition) is 2. The second-order valence-electron chi connectivity index (χ2n) is 10.2. The first-order valence-corrected chi connectivity index (χ1v) is 13.3. The van der Waals surface area contributed by atoms with Gasteiger partial charge in [-0.2, -0.15) is 5.10 Å². The number of phenols is 1. The summed E-state index contributed by atoms with van der Waals surface area (Å²) in [6, 6.07) is 28.6. The van der Waals surface area contributed by atoms with E-state index in [2.05, 4.69) is 10.5 Å². The fourth-order valence-electron chi connectivity index (χ4n) is 6.84. The molecule has 1 fully saturated rings. The Morgan fingerprint density at radius 1 is 0.850 bits per heavy atom. The summed E-state index contributed by atoms with van der Waals surface area (Å²) >= 11 is 6.48. The Balaban J connectivity index is 1.42. The third-order valence-electron chi connectivity index (χ3n) is 8.36. The van der Waals surface area contributed by atoms with E-state index in [0.29, 0.717) is 10.7 Å². The second-order valence-corrected chi connectivity index (χ2v) is 10.6. The molecule has 4 aromatic carbocycles. The Hall–Kier alpha value is -4.75. The number of nitrogens with one attached hydrogen (secondary N) is 1. The molecule has 7 nitrogen and oxygen atoms in total. The van der Waals surface area contributed by atoms with Crippen molar-refractivity contribution in [3.05, 3.63) is 130 Å². The third-order valence-corrected chi connectivity index (χ3v) is 8.68. The summed E-state index contributed by atoms with van der Waals surface area (Å²) < 4.78 is 0. The van der Waals surface area contributed by atoms with Crippen molar-refractivity contribution in [1.29, 1.82) is 0 Å². The number of carbonyl (C=O) groups excluding carboxylic acids is 3. The average Bonchev–Trinajstić information content (AvgIpc) is 3.24. The molecule has 8 heteroatoms. The van der Waals surface area contributed by atoms with Crippen molar-refractivity contribution in [1.82, 2.24) is 5.43 Å². The van der Waals surface area contributed by atoms with Gasteiger partial charge in [0.25, 0.3) is 5.91 Å². The number of benzene rings is 4. The van der Waals surface area contributed by atoms with Gasteiger partial charge in [0.1, 0.15) is 5.75 Å². The maximum Gasteiger partial charge on any atom is 0.275 e. The predicted octanol–water partition coefficient (Wildman–Crippen LogP) is 5.01. The first kappa shape index (κ1) is 24.3. The highest BCUT2D eigenvalue weighted by Crippen LogP contribution is 2.63. The molecule has 4 aromatic rings. The molecular formula is C32H22ClN3O4. The lowest BCUT2D eigenvalue weighted by atomic mass is 9.47. The van der Waals surface area contributed by atoms with E-state index in [4.69, 9.17) is 11.6 Å². The highest BCUT2D eigenvalue weighted by Gasteiger charge is 2.68. The number of imide groups is 1. The van der Waals surface area contributed by atoms with Gasteiger partial charge < -0.3 is 5.11 Å². The monoisotopic (exact) mass is 547 g/mol. The van der Waals surface area contributed by atoms with Crippen molar-refractivity contribution in [3.8, 4) is 5.75 Å². The first-order chi connectivity index (χ1) is 19.4. The Bertz CT molecular complexity index is 1720. The van der Waals surface area contributed by atoms with Crippen LogP contribution in [0.25, 0.3) is 0 Å². The number of halogens is 1. The summed E-state index contributed by atoms with van der Waals surface area (Å²) in [5, 5.41) is 14.8. The van der Waals surface area contributed by atoms with Gasteiger partial charge in [-0.15, -0.1) is 0 Å². The molecule has 4 aliphatic rings. The van der Waals surface area contributed by atoms with Gasteiger partial charge in [0, 0.05) is 12.1 Å². The lowest BCUT2D eigenvalue weighted by Gasteiger charge is -2.52. The summed E-state index contributed by atoms with van der Waals surface area (Å²) in [5.74, 6) is -3.27. The summed E-state index contributed by atoms with van der Waals surface area (Å²) in [6.45, 7) is 0. The highest BCUT2D eigenvalue weighted by molar-refractivity contribution is 6.36. The number of hydrazone groups is 1. The van der Waals surface area contributed by atoms with Crippen LogP contribution in [0.5, 0.6) is 5.75 Å². The number of anilines is 1. The van der Waals surface area contributed by atoms with Crippen molar-refractivity contribution in [2.24, 2.45) is 16.9 Å². The number of amides is 3. The van der Waals surface area contributed by atoms with Crippen LogP contribution in [0.3, 0.4) is 0 Å². The van der Waals surface area contributed by atoms with E-state index in [0.717, 1.165) is 22.3 Å². The zero-order valence-corrected chi connectivity index (χ0v) is 21.7. The van der Waals surface area contributed by atoms with Crippen LogP contribution in [0.2, 0.25) is 5.02 Å². The number of aromatic hydroxyl groups is 1. The Morgan fingerprint density at radius 2 is 1.45 bits per heavy atom. The van der Waals surface area contributed by atoms with Crippen molar-refractivity contribution < 1.29 is 19.5 Å². The molecule has 8 rings (SSSR count). The van der Waals surface area contributed by atoms with Gasteiger partial charge in [-0.3, -0.25) is 14.4 Å². The normalized spacial score (nSPS) is 24.1. The van der Waals surface area contributed by atoms with E-state index < -0.39 is 23.2 Å². The number of hydrogen-bond acceptors (Lipinski definition) is 5. The van der Waals surface area contributed by atoms with Crippen LogP contribution in [-0.4, -0.2) is 29.0 Å². The van der Waals surface area contributed by atoms with E-state index in [1.807, 2.05) is 48.5 Å². The molecule has 0 spiro atoms. The summed E-state index contributed by atoms with van der Waals surface area (Å²) in [5.41, 5.74) is 5.42. The number of para-hydroxylation sites is 2. The molecule has 3 amide bonds. The van der Waals surface area contributed by atoms with Crippen molar-refractivity contribution >= 4 is 41.2 Å². The molecule has 1 aliphatic heterocycles. The van der Waals surface area contributed by atoms with Gasteiger partial charge in [-0.1, -0.05) is 84.4 Å². The molecule has 3 aliphatic carbocycles. The van der Waals surface area contributed by atoms with E-state index in [1.165, 1.54) is 17.0 Å². The topological polar surface area (TPSA) is 99.1 Å². The Kier molecular flexibility index (Phi) is 5.40. The van der Waals surface area contributed by atoms with Gasteiger partial charge in [0.15, 0.2) is 0 Å². The maximum absolute atomic E-state index is 14.3. The van der Waals surface area contributed by atoms with E-state index in [9.17, 15) is 19.5 Å². The standard InChI is InChI=1S/C32H22ClN3O4/c33-23-14-6-7-15-24(23)36-30(39)27-26-18-9-1-4-12-21(18)32(28(27)31(36)40,22-13-5-2-10-19(22)26)17-34-35-29(38)20-11-3-8-16-25(20)37/h1-17,26-28,37H,(H,35,38)/b34-17+/t26?,27-,28+,32?/m0/s1. The molecule has 0 saturated carbocycles. The lowest BCUT2D eigenvalue weighted by molar-refractivity contribution is -0.122. The zero-order chi connectivity index (χ0) is 27.6. The van der Waals surface area contributed by atoms with E-state index in [1.54, 1.807) is 42.6 Å². The Morgan fingerprint density at radius 3 is 2.12 bits per heavy atom. The van der Waals surface area contributed by atoms with Gasteiger partial charge in [0.2, 0.25) is 11.8 Å². The van der Waals surface area contributed by atoms with Crippen molar-refractivity contribution in [3.63, 3.8) is 0 Å². The second kappa shape index (κ2) is 8.89. The summed E-state index contributed by atoms with van der Waals surface area (Å²) in [7, 11) is 0. The molecule has 0 unspecified atom stereocenters. The van der Waals surface area contributed by atoms with Gasteiger partial charge >= 0.3 is 0 Å². The molecule has 2 atom stereocenters. The average molecular weight is 548 g/mol. The fraction of sp³-hybridized carbons (Fsp3) is 0.125. The van der Waals surface area contributed by atoms with E-state index >= 15 is 0 Å². The van der Waals surface area contributed by atoms with Crippen LogP contribution in [0.15, 0.2) is 102 Å². The molecule has 196 valence electrons. The maximum atomic E-state index is 14.3. The molecule has 1 saturated heterocycles. The summed E-state index contributed by atoms with van der Waals surface area (Å²) in [4.78, 5) is 42.6. The molecule has 0 aromatic heterocycles. The van der Waals surface area contributed by atoms with Crippen LogP contribution in [-0.2, 0) is 15.0 Å². The third kappa shape index (κ3) is 3.18. The van der Waals surface area contributed by atoms with Gasteiger partial charge in [-0.05, 0) is 46.5 Å². The van der Waals surface area contributed by atoms with Crippen LogP contribution in [0.1, 0.15) is 38.5 Å². The minimum Gasteiger partial charge on any atom is -0.507 e. The molecular weight excluding hydrogens is 526 g/mol. The molecule has 0 radical (unpaired) electrons. The number of nitrogens with zero attached hydrogens (tertiary/aromatic N) is 2. The SMILES string of the molecule is O=C(N/N=C/C12c3ccccc3C(c3ccccc31)[C@@H]1C(=O)N(c3ccccc3Cl)C(=O)[C@@H]12)c1ccccc1O. The number of carbonyl (C=O) groups is 3. The quantitative estimate of drug-likeness (QED) is 0.213. The van der Waals surface area contributed by atoms with Crippen molar-refractivity contribution in [2.75, 3.05) is 4.90 Å². The van der Waals surface area contributed by atoms with Crippen molar-refractivity contribution in [2.45, 2.75) is 11.3 Å². The van der Waals surface area contributed by atoms with Gasteiger partial charge in [-0.25, -0.2) is 10.3 Å². The first-order valence-electron chi connectivity index (χ1n) is 12.9. The zero-order valence-electron chi connectivity index (χ0n) is 21.0. The minimum absolute atomic E-state index is 0.0696. The molecule has 2 N–H and O–H groups in total. The van der Waals surface area contributed by atoms with Crippen LogP contribution >= 0.6 is 11.6 Å². The fourth-order valence-corrected chi connectivity index (χ4v) is 7.06. The minimum atomic E-state index is -1.14. The largest absolute Gasteiger partial charge is 0.507 e. The molecule has 40 heavy (non-hydrogen) atoms. The van der Waals surface area contributed by atoms with Crippen LogP contribution in [0.4, 0.5) is 5.69 Å². The lowest BCUT2D eigenvalue weighted by Crippen LogP contribution is -2.54.